The van der Waals surface area contributed by atoms with E-state index in [-0.39, 0.29) is 18.6 Å². The van der Waals surface area contributed by atoms with Crippen LogP contribution in [0.15, 0.2) is 0 Å². The van der Waals surface area contributed by atoms with Crippen molar-refractivity contribution in [1.82, 2.24) is 4.90 Å². The first-order valence-corrected chi connectivity index (χ1v) is 4.81. The number of carbonyl (C=O) groups excluding carboxylic acids is 1. The second-order valence-corrected chi connectivity index (χ2v) is 4.52. The summed E-state index contributed by atoms with van der Waals surface area (Å²) >= 11 is 0. The van der Waals surface area contributed by atoms with Crippen molar-refractivity contribution in [2.45, 2.75) is 39.4 Å². The Balaban J connectivity index is 3.83. The molecule has 0 aliphatic heterocycles. The molecule has 0 amide bonds. The van der Waals surface area contributed by atoms with Gasteiger partial charge in [0.05, 0.1) is 18.2 Å². The molecule has 0 heterocycles. The number of hydrogen-bond donors (Lipinski definition) is 1. The van der Waals surface area contributed by atoms with Gasteiger partial charge in [-0.15, -0.1) is 0 Å². The van der Waals surface area contributed by atoms with Crippen LogP contribution in [0.3, 0.4) is 0 Å². The van der Waals surface area contributed by atoms with Crippen molar-refractivity contribution in [1.29, 1.82) is 0 Å². The van der Waals surface area contributed by atoms with Gasteiger partial charge >= 0.3 is 5.97 Å². The Morgan fingerprint density at radius 2 is 2.00 bits per heavy atom. The van der Waals surface area contributed by atoms with Gasteiger partial charge in [0.2, 0.25) is 0 Å². The third kappa shape index (κ3) is 8.01. The minimum atomic E-state index is -0.785. The summed E-state index contributed by atoms with van der Waals surface area (Å²) < 4.78 is 4.97. The molecule has 0 spiro atoms. The van der Waals surface area contributed by atoms with E-state index in [4.69, 9.17) is 4.74 Å². The second kappa shape index (κ2) is 5.32. The smallest absolute Gasteiger partial charge is 0.320 e. The van der Waals surface area contributed by atoms with E-state index in [1.165, 1.54) is 0 Å². The predicted molar refractivity (Wildman–Crippen MR) is 55.0 cm³/mol. The number of likely N-dealkylation sites (N-methyl/N-ethyl adjacent to an activating group) is 1. The highest BCUT2D eigenvalue weighted by atomic mass is 16.5. The second-order valence-electron chi connectivity index (χ2n) is 4.52. The first-order valence-electron chi connectivity index (χ1n) is 4.81. The van der Waals surface area contributed by atoms with Gasteiger partial charge in [0.25, 0.3) is 0 Å². The van der Waals surface area contributed by atoms with Crippen molar-refractivity contribution in [3.05, 3.63) is 0 Å². The maximum absolute atomic E-state index is 11.2. The van der Waals surface area contributed by atoms with Gasteiger partial charge in [0, 0.05) is 6.54 Å². The molecule has 0 aliphatic rings. The minimum absolute atomic E-state index is 0.0852. The lowest BCUT2D eigenvalue weighted by molar-refractivity contribution is -0.148. The van der Waals surface area contributed by atoms with Crippen LogP contribution in [-0.2, 0) is 9.53 Å². The Hall–Kier alpha value is -0.610. The van der Waals surface area contributed by atoms with Crippen molar-refractivity contribution in [3.63, 3.8) is 0 Å². The summed E-state index contributed by atoms with van der Waals surface area (Å²) in [5, 5.41) is 9.49. The van der Waals surface area contributed by atoms with Gasteiger partial charge < -0.3 is 9.84 Å². The highest BCUT2D eigenvalue weighted by Gasteiger charge is 2.18. The van der Waals surface area contributed by atoms with Crippen LogP contribution in [0.25, 0.3) is 0 Å². The molecular formula is C10H21NO3. The number of esters is 1. The Labute approximate surface area is 85.9 Å². The molecule has 0 aromatic heterocycles. The number of rotatable bonds is 5. The van der Waals surface area contributed by atoms with Crippen LogP contribution in [0.5, 0.6) is 0 Å². The fourth-order valence-electron chi connectivity index (χ4n) is 1.24. The first-order chi connectivity index (χ1) is 6.20. The van der Waals surface area contributed by atoms with Gasteiger partial charge in [0.15, 0.2) is 0 Å². The fraction of sp³-hybridized carbons (Fsp3) is 0.900. The van der Waals surface area contributed by atoms with Crippen LogP contribution < -0.4 is 0 Å². The molecule has 0 bridgehead atoms. The number of nitrogens with zero attached hydrogens (tertiary/aromatic N) is 1. The molecule has 0 radical (unpaired) electrons. The Bertz CT molecular complexity index is 184. The largest absolute Gasteiger partial charge is 0.462 e. The molecule has 0 unspecified atom stereocenters. The summed E-state index contributed by atoms with van der Waals surface area (Å²) in [5.74, 6) is -0.258. The number of carbonyl (C=O) groups is 1. The lowest BCUT2D eigenvalue weighted by Crippen LogP contribution is -2.39. The third-order valence-corrected chi connectivity index (χ3v) is 1.42. The van der Waals surface area contributed by atoms with Crippen LogP contribution in [0.4, 0.5) is 0 Å². The Morgan fingerprint density at radius 1 is 1.50 bits per heavy atom. The van der Waals surface area contributed by atoms with E-state index >= 15 is 0 Å². The van der Waals surface area contributed by atoms with Gasteiger partial charge in [-0.05, 0) is 34.7 Å². The van der Waals surface area contributed by atoms with Crippen LogP contribution in [0, 0.1) is 0 Å². The summed E-state index contributed by atoms with van der Waals surface area (Å²) in [5.41, 5.74) is -0.785. The lowest BCUT2D eigenvalue weighted by atomic mass is 10.1. The van der Waals surface area contributed by atoms with E-state index in [0.717, 1.165) is 0 Å². The molecule has 0 fully saturated rings. The highest BCUT2D eigenvalue weighted by molar-refractivity contribution is 5.71. The van der Waals surface area contributed by atoms with E-state index in [1.54, 1.807) is 25.8 Å². The summed E-state index contributed by atoms with van der Waals surface area (Å²) in [6.07, 6.45) is -0.0852. The van der Waals surface area contributed by atoms with Crippen LogP contribution in [-0.4, -0.2) is 47.8 Å². The van der Waals surface area contributed by atoms with E-state index in [2.05, 4.69) is 0 Å². The van der Waals surface area contributed by atoms with Crippen LogP contribution in [0.1, 0.15) is 27.7 Å². The van der Waals surface area contributed by atoms with Crippen molar-refractivity contribution >= 4 is 5.97 Å². The molecule has 0 rings (SSSR count). The summed E-state index contributed by atoms with van der Waals surface area (Å²) in [6, 6.07) is 0. The number of hydrogen-bond acceptors (Lipinski definition) is 4. The summed E-state index contributed by atoms with van der Waals surface area (Å²) in [4.78, 5) is 12.9. The van der Waals surface area contributed by atoms with Gasteiger partial charge in [0.1, 0.15) is 0 Å². The molecule has 84 valence electrons. The van der Waals surface area contributed by atoms with Gasteiger partial charge in [-0.1, -0.05) is 0 Å². The lowest BCUT2D eigenvalue weighted by Gasteiger charge is -2.24. The van der Waals surface area contributed by atoms with Gasteiger partial charge in [-0.2, -0.15) is 0 Å². The topological polar surface area (TPSA) is 49.8 Å². The Morgan fingerprint density at radius 3 is 2.36 bits per heavy atom. The van der Waals surface area contributed by atoms with Crippen LogP contribution in [0.2, 0.25) is 0 Å². The zero-order chi connectivity index (χ0) is 11.4. The SMILES string of the molecule is CC(C)OC(=O)CN(C)CC(C)(C)O. The van der Waals surface area contributed by atoms with E-state index in [9.17, 15) is 9.90 Å². The molecule has 14 heavy (non-hydrogen) atoms. The van der Waals surface area contributed by atoms with E-state index in [0.29, 0.717) is 6.54 Å². The monoisotopic (exact) mass is 203 g/mol. The zero-order valence-corrected chi connectivity index (χ0v) is 9.70. The van der Waals surface area contributed by atoms with Gasteiger partial charge in [-0.3, -0.25) is 9.69 Å². The fourth-order valence-corrected chi connectivity index (χ4v) is 1.24. The maximum Gasteiger partial charge on any atom is 0.320 e. The van der Waals surface area contributed by atoms with Crippen molar-refractivity contribution < 1.29 is 14.6 Å². The average molecular weight is 203 g/mol. The molecular weight excluding hydrogens is 182 g/mol. The first kappa shape index (κ1) is 13.4. The van der Waals surface area contributed by atoms with E-state index < -0.39 is 5.60 Å². The molecule has 4 nitrogen and oxygen atoms in total. The van der Waals surface area contributed by atoms with E-state index in [1.807, 2.05) is 13.8 Å². The van der Waals surface area contributed by atoms with Crippen molar-refractivity contribution in [3.8, 4) is 0 Å². The molecule has 1 N–H and O–H groups in total. The summed E-state index contributed by atoms with van der Waals surface area (Å²) in [7, 11) is 1.78. The number of aliphatic hydroxyl groups is 1. The minimum Gasteiger partial charge on any atom is -0.462 e. The molecule has 0 saturated heterocycles. The standard InChI is InChI=1S/C10H21NO3/c1-8(2)14-9(12)6-11(5)7-10(3,4)13/h8,13H,6-7H2,1-5H3. The molecule has 0 atom stereocenters. The van der Waals surface area contributed by atoms with Crippen molar-refractivity contribution in [2.75, 3.05) is 20.1 Å². The number of ether oxygens (including phenoxy) is 1. The molecule has 0 aliphatic carbocycles. The van der Waals surface area contributed by atoms with Crippen LogP contribution >= 0.6 is 0 Å². The normalized spacial score (nSPS) is 12.3. The molecule has 0 aromatic carbocycles. The molecule has 0 saturated carbocycles. The third-order valence-electron chi connectivity index (χ3n) is 1.42. The highest BCUT2D eigenvalue weighted by Crippen LogP contribution is 2.03. The molecule has 4 heteroatoms. The zero-order valence-electron chi connectivity index (χ0n) is 9.70. The Kier molecular flexibility index (Phi) is 5.08. The average Bonchev–Trinajstić information content (AvgIpc) is 1.77. The predicted octanol–water partition coefficient (Wildman–Crippen LogP) is 0.641. The summed E-state index contributed by atoms with van der Waals surface area (Å²) in [6.45, 7) is 7.69. The molecule has 0 aromatic rings. The quantitative estimate of drug-likeness (QED) is 0.666. The van der Waals surface area contributed by atoms with Crippen molar-refractivity contribution in [2.24, 2.45) is 0 Å². The van der Waals surface area contributed by atoms with Gasteiger partial charge in [-0.25, -0.2) is 0 Å². The maximum atomic E-state index is 11.2.